The SMILES string of the molecule is CC(C)C(CNC(=O)c1ccc2ccccc2c1)C(=O)O. The molecule has 0 spiro atoms. The quantitative estimate of drug-likeness (QED) is 0.887. The van der Waals surface area contributed by atoms with E-state index in [0.29, 0.717) is 5.56 Å². The monoisotopic (exact) mass is 285 g/mol. The van der Waals surface area contributed by atoms with Crippen molar-refractivity contribution in [2.75, 3.05) is 6.54 Å². The maximum absolute atomic E-state index is 12.1. The molecule has 0 aliphatic heterocycles. The van der Waals surface area contributed by atoms with Crippen LogP contribution in [0.25, 0.3) is 10.8 Å². The number of benzene rings is 2. The minimum Gasteiger partial charge on any atom is -0.481 e. The zero-order valence-corrected chi connectivity index (χ0v) is 12.2. The van der Waals surface area contributed by atoms with E-state index in [2.05, 4.69) is 5.32 Å². The highest BCUT2D eigenvalue weighted by Crippen LogP contribution is 2.16. The first-order valence-corrected chi connectivity index (χ1v) is 6.99. The van der Waals surface area contributed by atoms with Gasteiger partial charge in [0.25, 0.3) is 5.91 Å². The predicted molar refractivity (Wildman–Crippen MR) is 82.2 cm³/mol. The van der Waals surface area contributed by atoms with E-state index in [1.807, 2.05) is 50.2 Å². The van der Waals surface area contributed by atoms with Crippen LogP contribution in [0, 0.1) is 11.8 Å². The Hall–Kier alpha value is -2.36. The van der Waals surface area contributed by atoms with Gasteiger partial charge in [0.2, 0.25) is 0 Å². The summed E-state index contributed by atoms with van der Waals surface area (Å²) in [6, 6.07) is 13.3. The van der Waals surface area contributed by atoms with Gasteiger partial charge in [-0.2, -0.15) is 0 Å². The third kappa shape index (κ3) is 3.60. The lowest BCUT2D eigenvalue weighted by Crippen LogP contribution is -2.35. The van der Waals surface area contributed by atoms with Crippen molar-refractivity contribution in [2.24, 2.45) is 11.8 Å². The summed E-state index contributed by atoms with van der Waals surface area (Å²) < 4.78 is 0. The lowest BCUT2D eigenvalue weighted by atomic mass is 9.96. The predicted octanol–water partition coefficient (Wildman–Crippen LogP) is 2.93. The van der Waals surface area contributed by atoms with Gasteiger partial charge in [-0.15, -0.1) is 0 Å². The lowest BCUT2D eigenvalue weighted by Gasteiger charge is -2.16. The summed E-state index contributed by atoms with van der Waals surface area (Å²) in [7, 11) is 0. The second-order valence-corrected chi connectivity index (χ2v) is 5.46. The molecule has 2 rings (SSSR count). The molecule has 1 unspecified atom stereocenters. The molecule has 0 saturated carbocycles. The van der Waals surface area contributed by atoms with Crippen LogP contribution >= 0.6 is 0 Å². The zero-order valence-electron chi connectivity index (χ0n) is 12.2. The van der Waals surface area contributed by atoms with Crippen molar-refractivity contribution in [1.82, 2.24) is 5.32 Å². The molecule has 1 atom stereocenters. The van der Waals surface area contributed by atoms with Crippen molar-refractivity contribution >= 4 is 22.6 Å². The van der Waals surface area contributed by atoms with Crippen LogP contribution in [-0.4, -0.2) is 23.5 Å². The zero-order chi connectivity index (χ0) is 15.4. The van der Waals surface area contributed by atoms with Gasteiger partial charge in [0.1, 0.15) is 0 Å². The van der Waals surface area contributed by atoms with Crippen LogP contribution in [0.4, 0.5) is 0 Å². The Bertz CT molecular complexity index is 664. The van der Waals surface area contributed by atoms with Gasteiger partial charge in [0, 0.05) is 12.1 Å². The molecule has 2 aromatic rings. The van der Waals surface area contributed by atoms with Gasteiger partial charge in [-0.3, -0.25) is 9.59 Å². The van der Waals surface area contributed by atoms with Crippen LogP contribution < -0.4 is 5.32 Å². The van der Waals surface area contributed by atoms with Crippen LogP contribution in [0.15, 0.2) is 42.5 Å². The number of aliphatic carboxylic acids is 1. The Labute approximate surface area is 123 Å². The van der Waals surface area contributed by atoms with Gasteiger partial charge >= 0.3 is 5.97 Å². The Morgan fingerprint density at radius 3 is 2.38 bits per heavy atom. The molecular formula is C17H19NO3. The smallest absolute Gasteiger partial charge is 0.308 e. The number of hydrogen-bond donors (Lipinski definition) is 2. The van der Waals surface area contributed by atoms with Crippen molar-refractivity contribution in [2.45, 2.75) is 13.8 Å². The van der Waals surface area contributed by atoms with Gasteiger partial charge in [-0.1, -0.05) is 44.2 Å². The number of amides is 1. The fraction of sp³-hybridized carbons (Fsp3) is 0.294. The number of carboxylic acids is 1. The fourth-order valence-corrected chi connectivity index (χ4v) is 2.24. The number of carbonyl (C=O) groups is 2. The summed E-state index contributed by atoms with van der Waals surface area (Å²) >= 11 is 0. The van der Waals surface area contributed by atoms with E-state index >= 15 is 0 Å². The topological polar surface area (TPSA) is 66.4 Å². The molecule has 0 saturated heterocycles. The first-order chi connectivity index (χ1) is 9.99. The Balaban J connectivity index is 2.10. The highest BCUT2D eigenvalue weighted by atomic mass is 16.4. The summed E-state index contributed by atoms with van der Waals surface area (Å²) in [5.74, 6) is -1.73. The van der Waals surface area contributed by atoms with Gasteiger partial charge < -0.3 is 10.4 Å². The second kappa shape index (κ2) is 6.39. The molecule has 0 bridgehead atoms. The van der Waals surface area contributed by atoms with Crippen molar-refractivity contribution < 1.29 is 14.7 Å². The summed E-state index contributed by atoms with van der Waals surface area (Å²) in [4.78, 5) is 23.2. The summed E-state index contributed by atoms with van der Waals surface area (Å²) in [6.07, 6.45) is 0. The van der Waals surface area contributed by atoms with Gasteiger partial charge in [-0.05, 0) is 28.8 Å². The van der Waals surface area contributed by atoms with E-state index in [9.17, 15) is 9.59 Å². The van der Waals surface area contributed by atoms with Crippen molar-refractivity contribution in [3.8, 4) is 0 Å². The Morgan fingerprint density at radius 2 is 1.76 bits per heavy atom. The van der Waals surface area contributed by atoms with Gasteiger partial charge in [0.15, 0.2) is 0 Å². The van der Waals surface area contributed by atoms with Gasteiger partial charge in [0.05, 0.1) is 5.92 Å². The number of rotatable bonds is 5. The molecule has 4 nitrogen and oxygen atoms in total. The third-order valence-corrected chi connectivity index (χ3v) is 3.62. The van der Waals surface area contributed by atoms with Gasteiger partial charge in [-0.25, -0.2) is 0 Å². The number of carboxylic acid groups (broad SMARTS) is 1. The highest BCUT2D eigenvalue weighted by molar-refractivity contribution is 5.98. The molecule has 21 heavy (non-hydrogen) atoms. The molecule has 110 valence electrons. The first kappa shape index (κ1) is 15.0. The Morgan fingerprint density at radius 1 is 1.10 bits per heavy atom. The van der Waals surface area contributed by atoms with E-state index in [-0.39, 0.29) is 18.4 Å². The molecule has 0 aliphatic rings. The minimum atomic E-state index is -0.885. The van der Waals surface area contributed by atoms with Crippen LogP contribution in [0.5, 0.6) is 0 Å². The average molecular weight is 285 g/mol. The third-order valence-electron chi connectivity index (χ3n) is 3.62. The summed E-state index contributed by atoms with van der Waals surface area (Å²) in [6.45, 7) is 3.81. The van der Waals surface area contributed by atoms with Crippen LogP contribution in [0.1, 0.15) is 24.2 Å². The lowest BCUT2D eigenvalue weighted by molar-refractivity contribution is -0.142. The molecule has 2 aromatic carbocycles. The van der Waals surface area contributed by atoms with E-state index in [1.165, 1.54) is 0 Å². The molecule has 0 fully saturated rings. The number of hydrogen-bond acceptors (Lipinski definition) is 2. The molecule has 0 aliphatic carbocycles. The largest absolute Gasteiger partial charge is 0.481 e. The minimum absolute atomic E-state index is 0.0283. The number of nitrogens with one attached hydrogen (secondary N) is 1. The molecule has 1 amide bonds. The average Bonchev–Trinajstić information content (AvgIpc) is 2.46. The first-order valence-electron chi connectivity index (χ1n) is 6.99. The normalized spacial score (nSPS) is 12.3. The van der Waals surface area contributed by atoms with E-state index in [4.69, 9.17) is 5.11 Å². The van der Waals surface area contributed by atoms with Crippen molar-refractivity contribution in [3.05, 3.63) is 48.0 Å². The van der Waals surface area contributed by atoms with Crippen LogP contribution in [-0.2, 0) is 4.79 Å². The molecule has 4 heteroatoms. The van der Waals surface area contributed by atoms with Crippen molar-refractivity contribution in [1.29, 1.82) is 0 Å². The van der Waals surface area contributed by atoms with Crippen molar-refractivity contribution in [3.63, 3.8) is 0 Å². The molecular weight excluding hydrogens is 266 g/mol. The molecule has 0 aromatic heterocycles. The van der Waals surface area contributed by atoms with E-state index in [1.54, 1.807) is 6.07 Å². The fourth-order valence-electron chi connectivity index (χ4n) is 2.24. The molecule has 0 radical (unpaired) electrons. The van der Waals surface area contributed by atoms with Crippen LogP contribution in [0.3, 0.4) is 0 Å². The number of carbonyl (C=O) groups excluding carboxylic acids is 1. The second-order valence-electron chi connectivity index (χ2n) is 5.46. The Kier molecular flexibility index (Phi) is 4.58. The maximum atomic E-state index is 12.1. The highest BCUT2D eigenvalue weighted by Gasteiger charge is 2.22. The standard InChI is InChI=1S/C17H19NO3/c1-11(2)15(17(20)21)10-18-16(19)14-8-7-12-5-3-4-6-13(12)9-14/h3-9,11,15H,10H2,1-2H3,(H,18,19)(H,20,21). The molecule has 2 N–H and O–H groups in total. The van der Waals surface area contributed by atoms with E-state index < -0.39 is 11.9 Å². The van der Waals surface area contributed by atoms with Crippen LogP contribution in [0.2, 0.25) is 0 Å². The van der Waals surface area contributed by atoms with E-state index in [0.717, 1.165) is 10.8 Å². The number of fused-ring (bicyclic) bond motifs is 1. The molecule has 0 heterocycles. The maximum Gasteiger partial charge on any atom is 0.308 e. The summed E-state index contributed by atoms with van der Waals surface area (Å²) in [5.41, 5.74) is 0.543. The summed E-state index contributed by atoms with van der Waals surface area (Å²) in [5, 5.41) is 13.9.